The lowest BCUT2D eigenvalue weighted by Gasteiger charge is -2.00. The van der Waals surface area contributed by atoms with Crippen LogP contribution in [0.15, 0.2) is 30.6 Å². The highest BCUT2D eigenvalue weighted by Gasteiger charge is 2.06. The molecular formula is C13H13N5. The molecule has 0 saturated carbocycles. The van der Waals surface area contributed by atoms with Crippen molar-refractivity contribution in [3.05, 3.63) is 42.2 Å². The molecule has 3 rings (SSSR count). The Bertz CT molecular complexity index is 625. The lowest BCUT2D eigenvalue weighted by atomic mass is 10.2. The second-order valence-corrected chi connectivity index (χ2v) is 4.17. The Morgan fingerprint density at radius 3 is 1.72 bits per heavy atom. The van der Waals surface area contributed by atoms with Crippen molar-refractivity contribution >= 4 is 0 Å². The third-order valence-electron chi connectivity index (χ3n) is 2.71. The molecular weight excluding hydrogens is 226 g/mol. The van der Waals surface area contributed by atoms with Crippen molar-refractivity contribution < 1.29 is 0 Å². The van der Waals surface area contributed by atoms with Gasteiger partial charge in [-0.15, -0.1) is 0 Å². The molecule has 0 unspecified atom stereocenters. The highest BCUT2D eigenvalue weighted by Crippen LogP contribution is 2.20. The molecule has 0 bridgehead atoms. The molecule has 0 aliphatic heterocycles. The van der Waals surface area contributed by atoms with Crippen LogP contribution in [0.4, 0.5) is 0 Å². The van der Waals surface area contributed by atoms with Gasteiger partial charge in [0.15, 0.2) is 0 Å². The predicted octanol–water partition coefficient (Wildman–Crippen LogP) is 2.48. The third-order valence-corrected chi connectivity index (χ3v) is 2.71. The van der Waals surface area contributed by atoms with Gasteiger partial charge in [-0.25, -0.2) is 15.0 Å². The van der Waals surface area contributed by atoms with Crippen molar-refractivity contribution in [1.29, 1.82) is 0 Å². The molecule has 0 fully saturated rings. The lowest BCUT2D eigenvalue weighted by molar-refractivity contribution is 1.14. The summed E-state index contributed by atoms with van der Waals surface area (Å²) in [6, 6.07) is 5.89. The zero-order valence-corrected chi connectivity index (χ0v) is 10.2. The van der Waals surface area contributed by atoms with Crippen molar-refractivity contribution in [3.63, 3.8) is 0 Å². The van der Waals surface area contributed by atoms with E-state index in [0.29, 0.717) is 0 Å². The number of H-pyrrole nitrogens is 2. The maximum Gasteiger partial charge on any atom is 0.103 e. The number of aryl methyl sites for hydroxylation is 2. The molecule has 0 aliphatic carbocycles. The first-order valence-corrected chi connectivity index (χ1v) is 5.73. The van der Waals surface area contributed by atoms with Gasteiger partial charge in [-0.05, 0) is 26.0 Å². The molecule has 0 radical (unpaired) electrons. The van der Waals surface area contributed by atoms with Gasteiger partial charge in [0.25, 0.3) is 0 Å². The fourth-order valence-electron chi connectivity index (χ4n) is 1.84. The molecule has 0 aliphatic rings. The van der Waals surface area contributed by atoms with E-state index in [9.17, 15) is 0 Å². The summed E-state index contributed by atoms with van der Waals surface area (Å²) in [5, 5.41) is 0. The summed E-state index contributed by atoms with van der Waals surface area (Å²) in [5.41, 5.74) is 3.59. The summed E-state index contributed by atoms with van der Waals surface area (Å²) in [6.07, 6.45) is 3.58. The first-order chi connectivity index (χ1) is 8.72. The zero-order valence-electron chi connectivity index (χ0n) is 10.2. The molecule has 5 nitrogen and oxygen atoms in total. The van der Waals surface area contributed by atoms with Crippen LogP contribution >= 0.6 is 0 Å². The first kappa shape index (κ1) is 10.7. The lowest BCUT2D eigenvalue weighted by Crippen LogP contribution is -1.88. The maximum atomic E-state index is 4.60. The molecule has 90 valence electrons. The Kier molecular flexibility index (Phi) is 2.44. The predicted molar refractivity (Wildman–Crippen MR) is 68.9 cm³/mol. The van der Waals surface area contributed by atoms with E-state index < -0.39 is 0 Å². The van der Waals surface area contributed by atoms with Crippen LogP contribution in [0.5, 0.6) is 0 Å². The first-order valence-electron chi connectivity index (χ1n) is 5.73. The minimum absolute atomic E-state index is 0.875. The van der Waals surface area contributed by atoms with Gasteiger partial charge in [-0.3, -0.25) is 0 Å². The molecule has 2 N–H and O–H groups in total. The SMILES string of the molecule is Cc1ncc(-c2cccc(-c3cnc(C)[nH]3)n2)[nH]1. The maximum absolute atomic E-state index is 4.60. The van der Waals surface area contributed by atoms with E-state index in [4.69, 9.17) is 0 Å². The Morgan fingerprint density at radius 2 is 1.33 bits per heavy atom. The molecule has 0 atom stereocenters. The van der Waals surface area contributed by atoms with Crippen molar-refractivity contribution in [2.24, 2.45) is 0 Å². The van der Waals surface area contributed by atoms with Gasteiger partial charge in [-0.2, -0.15) is 0 Å². The summed E-state index contributed by atoms with van der Waals surface area (Å²) in [6.45, 7) is 3.84. The standard InChI is InChI=1S/C13H13N5/c1-8-14-6-12(16-8)10-4-3-5-11(18-10)13-7-15-9(2)17-13/h3-7H,1-2H3,(H,14,16)(H,15,17). The van der Waals surface area contributed by atoms with Gasteiger partial charge in [0.05, 0.1) is 35.2 Å². The highest BCUT2D eigenvalue weighted by molar-refractivity contribution is 5.61. The number of aromatic amines is 2. The van der Waals surface area contributed by atoms with E-state index in [1.807, 2.05) is 32.0 Å². The summed E-state index contributed by atoms with van der Waals surface area (Å²) in [4.78, 5) is 19.3. The Morgan fingerprint density at radius 1 is 0.833 bits per heavy atom. The molecule has 0 amide bonds. The van der Waals surface area contributed by atoms with E-state index >= 15 is 0 Å². The third kappa shape index (κ3) is 1.90. The van der Waals surface area contributed by atoms with Crippen molar-refractivity contribution in [1.82, 2.24) is 24.9 Å². The molecule has 0 saturated heterocycles. The molecule has 3 aromatic rings. The number of aromatic nitrogens is 5. The zero-order chi connectivity index (χ0) is 12.5. The van der Waals surface area contributed by atoms with Gasteiger partial charge < -0.3 is 9.97 Å². The van der Waals surface area contributed by atoms with Gasteiger partial charge >= 0.3 is 0 Å². The average Bonchev–Trinajstić information content (AvgIpc) is 2.98. The minimum atomic E-state index is 0.875. The average molecular weight is 239 g/mol. The van der Waals surface area contributed by atoms with Crippen LogP contribution in [0.25, 0.3) is 22.8 Å². The summed E-state index contributed by atoms with van der Waals surface area (Å²) < 4.78 is 0. The number of rotatable bonds is 2. The quantitative estimate of drug-likeness (QED) is 0.721. The number of nitrogens with zero attached hydrogens (tertiary/aromatic N) is 3. The van der Waals surface area contributed by atoms with Crippen molar-refractivity contribution in [2.45, 2.75) is 13.8 Å². The molecule has 18 heavy (non-hydrogen) atoms. The number of hydrogen-bond donors (Lipinski definition) is 2. The Labute approximate surface area is 104 Å². The van der Waals surface area contributed by atoms with Crippen molar-refractivity contribution in [2.75, 3.05) is 0 Å². The largest absolute Gasteiger partial charge is 0.341 e. The minimum Gasteiger partial charge on any atom is -0.341 e. The van der Waals surface area contributed by atoms with Gasteiger partial charge in [0.1, 0.15) is 11.6 Å². The smallest absolute Gasteiger partial charge is 0.103 e. The van der Waals surface area contributed by atoms with Crippen LogP contribution in [-0.2, 0) is 0 Å². The Hall–Kier alpha value is -2.43. The topological polar surface area (TPSA) is 70.2 Å². The second kappa shape index (κ2) is 4.10. The second-order valence-electron chi connectivity index (χ2n) is 4.17. The Balaban J connectivity index is 2.04. The van der Waals surface area contributed by atoms with E-state index in [0.717, 1.165) is 34.4 Å². The van der Waals surface area contributed by atoms with E-state index in [1.165, 1.54) is 0 Å². The number of nitrogens with one attached hydrogen (secondary N) is 2. The van der Waals surface area contributed by atoms with Gasteiger partial charge in [0.2, 0.25) is 0 Å². The van der Waals surface area contributed by atoms with Crippen LogP contribution in [0, 0.1) is 13.8 Å². The summed E-state index contributed by atoms with van der Waals surface area (Å²) in [5.74, 6) is 1.77. The fourth-order valence-corrected chi connectivity index (χ4v) is 1.84. The molecule has 3 heterocycles. The summed E-state index contributed by atoms with van der Waals surface area (Å²) >= 11 is 0. The summed E-state index contributed by atoms with van der Waals surface area (Å²) in [7, 11) is 0. The van der Waals surface area contributed by atoms with Crippen LogP contribution in [0.1, 0.15) is 11.6 Å². The normalized spacial score (nSPS) is 10.8. The van der Waals surface area contributed by atoms with Gasteiger partial charge in [0, 0.05) is 0 Å². The number of imidazole rings is 2. The van der Waals surface area contributed by atoms with E-state index in [-0.39, 0.29) is 0 Å². The molecule has 3 aromatic heterocycles. The van der Waals surface area contributed by atoms with Crippen LogP contribution < -0.4 is 0 Å². The molecule has 5 heteroatoms. The monoisotopic (exact) mass is 239 g/mol. The van der Waals surface area contributed by atoms with E-state index in [1.54, 1.807) is 12.4 Å². The van der Waals surface area contributed by atoms with Crippen LogP contribution in [-0.4, -0.2) is 24.9 Å². The molecule has 0 aromatic carbocycles. The molecule has 0 spiro atoms. The van der Waals surface area contributed by atoms with Gasteiger partial charge in [-0.1, -0.05) is 6.07 Å². The fraction of sp³-hybridized carbons (Fsp3) is 0.154. The van der Waals surface area contributed by atoms with E-state index in [2.05, 4.69) is 24.9 Å². The number of pyridine rings is 1. The van der Waals surface area contributed by atoms with Crippen LogP contribution in [0.2, 0.25) is 0 Å². The van der Waals surface area contributed by atoms with Crippen LogP contribution in [0.3, 0.4) is 0 Å². The number of hydrogen-bond acceptors (Lipinski definition) is 3. The highest BCUT2D eigenvalue weighted by atomic mass is 14.9. The van der Waals surface area contributed by atoms with Crippen molar-refractivity contribution in [3.8, 4) is 22.8 Å².